The van der Waals surface area contributed by atoms with Gasteiger partial charge in [-0.3, -0.25) is 0 Å². The minimum Gasteiger partial charge on any atom is -0.383 e. The summed E-state index contributed by atoms with van der Waals surface area (Å²) in [5, 5.41) is 2.45. The van der Waals surface area contributed by atoms with Crippen LogP contribution < -0.4 is 10.6 Å². The molecule has 0 aliphatic carbocycles. The summed E-state index contributed by atoms with van der Waals surface area (Å²) in [5.41, 5.74) is 8.23. The lowest BCUT2D eigenvalue weighted by Crippen LogP contribution is -2.30. The Morgan fingerprint density at radius 3 is 2.10 bits per heavy atom. The molecule has 2 aromatic rings. The van der Waals surface area contributed by atoms with E-state index in [1.807, 2.05) is 0 Å². The summed E-state index contributed by atoms with van der Waals surface area (Å²) in [7, 11) is 3.45. The van der Waals surface area contributed by atoms with Crippen LogP contribution in [0.4, 0.5) is 5.69 Å². The number of anilines is 1. The van der Waals surface area contributed by atoms with Crippen molar-refractivity contribution in [2.75, 3.05) is 45.4 Å². The zero-order chi connectivity index (χ0) is 15.1. The Labute approximate surface area is 126 Å². The first-order chi connectivity index (χ1) is 10.3. The van der Waals surface area contributed by atoms with E-state index in [2.05, 4.69) is 41.3 Å². The van der Waals surface area contributed by atoms with Crippen LogP contribution in [0.1, 0.15) is 5.56 Å². The van der Waals surface area contributed by atoms with Gasteiger partial charge in [0, 0.05) is 44.9 Å². The molecule has 4 heteroatoms. The monoisotopic (exact) mass is 288 g/mol. The highest BCUT2D eigenvalue weighted by molar-refractivity contribution is 5.96. The summed E-state index contributed by atoms with van der Waals surface area (Å²) in [6.45, 7) is 3.61. The van der Waals surface area contributed by atoms with Crippen molar-refractivity contribution in [3.8, 4) is 0 Å². The van der Waals surface area contributed by atoms with Crippen molar-refractivity contribution >= 4 is 16.5 Å². The lowest BCUT2D eigenvalue weighted by molar-refractivity contribution is 0.190. The molecule has 0 aromatic heterocycles. The SMILES string of the molecule is COCCN(CCOC)c1ccc(CN)c2ccccc12. The molecule has 0 aliphatic rings. The van der Waals surface area contributed by atoms with Gasteiger partial charge in [0.1, 0.15) is 0 Å². The van der Waals surface area contributed by atoms with E-state index >= 15 is 0 Å². The molecule has 21 heavy (non-hydrogen) atoms. The van der Waals surface area contributed by atoms with Crippen molar-refractivity contribution in [2.24, 2.45) is 5.73 Å². The van der Waals surface area contributed by atoms with Gasteiger partial charge >= 0.3 is 0 Å². The number of ether oxygens (including phenoxy) is 2. The van der Waals surface area contributed by atoms with Crippen LogP contribution in [0.2, 0.25) is 0 Å². The normalized spacial score (nSPS) is 11.0. The van der Waals surface area contributed by atoms with Crippen molar-refractivity contribution < 1.29 is 9.47 Å². The number of nitrogens with two attached hydrogens (primary N) is 1. The van der Waals surface area contributed by atoms with E-state index in [1.54, 1.807) is 14.2 Å². The number of rotatable bonds is 8. The first-order valence-electron chi connectivity index (χ1n) is 7.25. The Balaban J connectivity index is 2.41. The molecular formula is C17H24N2O2. The Morgan fingerprint density at radius 2 is 1.52 bits per heavy atom. The average Bonchev–Trinajstić information content (AvgIpc) is 2.54. The van der Waals surface area contributed by atoms with Crippen LogP contribution in [0.15, 0.2) is 36.4 Å². The quantitative estimate of drug-likeness (QED) is 0.810. The largest absolute Gasteiger partial charge is 0.383 e. The number of hydrogen-bond donors (Lipinski definition) is 1. The zero-order valence-corrected chi connectivity index (χ0v) is 12.8. The van der Waals surface area contributed by atoms with Crippen LogP contribution in [-0.2, 0) is 16.0 Å². The number of methoxy groups -OCH3 is 2. The first-order valence-corrected chi connectivity index (χ1v) is 7.25. The number of nitrogens with zero attached hydrogens (tertiary/aromatic N) is 1. The number of fused-ring (bicyclic) bond motifs is 1. The standard InChI is InChI=1S/C17H24N2O2/c1-20-11-9-19(10-12-21-2)17-8-7-14(13-18)15-5-3-4-6-16(15)17/h3-8H,9-13,18H2,1-2H3. The molecule has 0 radical (unpaired) electrons. The smallest absolute Gasteiger partial charge is 0.0637 e. The molecule has 0 aliphatic heterocycles. The van der Waals surface area contributed by atoms with Crippen LogP contribution in [0, 0.1) is 0 Å². The van der Waals surface area contributed by atoms with Gasteiger partial charge in [-0.1, -0.05) is 30.3 Å². The Morgan fingerprint density at radius 1 is 0.905 bits per heavy atom. The van der Waals surface area contributed by atoms with E-state index in [0.29, 0.717) is 19.8 Å². The molecule has 0 spiro atoms. The second-order valence-corrected chi connectivity index (χ2v) is 4.97. The van der Waals surface area contributed by atoms with Gasteiger partial charge in [0.25, 0.3) is 0 Å². The van der Waals surface area contributed by atoms with Gasteiger partial charge in [-0.05, 0) is 17.0 Å². The maximum absolute atomic E-state index is 5.85. The van der Waals surface area contributed by atoms with E-state index in [4.69, 9.17) is 15.2 Å². The predicted octanol–water partition coefficient (Wildman–Crippen LogP) is 2.40. The van der Waals surface area contributed by atoms with Crippen LogP contribution in [-0.4, -0.2) is 40.5 Å². The maximum atomic E-state index is 5.85. The molecule has 0 saturated heterocycles. The highest BCUT2D eigenvalue weighted by Crippen LogP contribution is 2.29. The summed E-state index contributed by atoms with van der Waals surface area (Å²) in [4.78, 5) is 2.30. The molecular weight excluding hydrogens is 264 g/mol. The van der Waals surface area contributed by atoms with E-state index in [-0.39, 0.29) is 0 Å². The highest BCUT2D eigenvalue weighted by Gasteiger charge is 2.11. The molecule has 4 nitrogen and oxygen atoms in total. The fraction of sp³-hybridized carbons (Fsp3) is 0.412. The minimum absolute atomic E-state index is 0.553. The molecule has 0 atom stereocenters. The molecule has 0 unspecified atom stereocenters. The summed E-state index contributed by atoms with van der Waals surface area (Å²) >= 11 is 0. The van der Waals surface area contributed by atoms with Crippen LogP contribution in [0.5, 0.6) is 0 Å². The topological polar surface area (TPSA) is 47.7 Å². The Kier molecular flexibility index (Phi) is 5.99. The molecule has 0 saturated carbocycles. The van der Waals surface area contributed by atoms with E-state index in [1.165, 1.54) is 22.0 Å². The molecule has 0 bridgehead atoms. The van der Waals surface area contributed by atoms with Crippen LogP contribution >= 0.6 is 0 Å². The third-order valence-electron chi connectivity index (χ3n) is 3.68. The van der Waals surface area contributed by atoms with E-state index in [0.717, 1.165) is 13.1 Å². The van der Waals surface area contributed by atoms with Gasteiger partial charge in [0.2, 0.25) is 0 Å². The fourth-order valence-corrected chi connectivity index (χ4v) is 2.55. The minimum atomic E-state index is 0.553. The molecule has 114 valence electrons. The van der Waals surface area contributed by atoms with Crippen LogP contribution in [0.25, 0.3) is 10.8 Å². The maximum Gasteiger partial charge on any atom is 0.0637 e. The third kappa shape index (κ3) is 3.73. The van der Waals surface area contributed by atoms with Gasteiger partial charge in [-0.25, -0.2) is 0 Å². The second-order valence-electron chi connectivity index (χ2n) is 4.97. The highest BCUT2D eigenvalue weighted by atomic mass is 16.5. The fourth-order valence-electron chi connectivity index (χ4n) is 2.55. The van der Waals surface area contributed by atoms with Crippen molar-refractivity contribution in [1.29, 1.82) is 0 Å². The van der Waals surface area contributed by atoms with E-state index < -0.39 is 0 Å². The van der Waals surface area contributed by atoms with Crippen LogP contribution in [0.3, 0.4) is 0 Å². The average molecular weight is 288 g/mol. The van der Waals surface area contributed by atoms with Gasteiger partial charge in [0.15, 0.2) is 0 Å². The lowest BCUT2D eigenvalue weighted by Gasteiger charge is -2.26. The summed E-state index contributed by atoms with van der Waals surface area (Å²) in [6, 6.07) is 12.7. The van der Waals surface area contributed by atoms with Crippen molar-refractivity contribution in [3.05, 3.63) is 42.0 Å². The lowest BCUT2D eigenvalue weighted by atomic mass is 10.0. The second kappa shape index (κ2) is 7.98. The molecule has 2 N–H and O–H groups in total. The van der Waals surface area contributed by atoms with Gasteiger partial charge in [-0.2, -0.15) is 0 Å². The summed E-state index contributed by atoms with van der Waals surface area (Å²) < 4.78 is 10.5. The van der Waals surface area contributed by atoms with Gasteiger partial charge in [-0.15, -0.1) is 0 Å². The first kappa shape index (κ1) is 15.8. The van der Waals surface area contributed by atoms with Crippen molar-refractivity contribution in [1.82, 2.24) is 0 Å². The third-order valence-corrected chi connectivity index (χ3v) is 3.68. The molecule has 0 heterocycles. The Hall–Kier alpha value is -1.62. The number of hydrogen-bond acceptors (Lipinski definition) is 4. The molecule has 0 fully saturated rings. The van der Waals surface area contributed by atoms with Crippen molar-refractivity contribution in [3.63, 3.8) is 0 Å². The summed E-state index contributed by atoms with van der Waals surface area (Å²) in [5.74, 6) is 0. The molecule has 0 amide bonds. The van der Waals surface area contributed by atoms with Crippen molar-refractivity contribution in [2.45, 2.75) is 6.54 Å². The molecule has 2 rings (SSSR count). The Bertz CT molecular complexity index is 564. The predicted molar refractivity (Wildman–Crippen MR) is 87.8 cm³/mol. The number of benzene rings is 2. The van der Waals surface area contributed by atoms with Gasteiger partial charge in [0.05, 0.1) is 13.2 Å². The van der Waals surface area contributed by atoms with E-state index in [9.17, 15) is 0 Å². The summed E-state index contributed by atoms with van der Waals surface area (Å²) in [6.07, 6.45) is 0. The zero-order valence-electron chi connectivity index (χ0n) is 12.8. The molecule has 2 aromatic carbocycles. The van der Waals surface area contributed by atoms with Gasteiger partial charge < -0.3 is 20.1 Å².